The number of aryl methyl sites for hydroxylation is 1. The van der Waals surface area contributed by atoms with Crippen LogP contribution in [-0.2, 0) is 11.3 Å². The molecule has 88 valence electrons. The van der Waals surface area contributed by atoms with Gasteiger partial charge in [-0.3, -0.25) is 0 Å². The summed E-state index contributed by atoms with van der Waals surface area (Å²) in [4.78, 5) is 4.18. The van der Waals surface area contributed by atoms with Gasteiger partial charge in [-0.2, -0.15) is 0 Å². The van der Waals surface area contributed by atoms with E-state index in [4.69, 9.17) is 4.74 Å². The van der Waals surface area contributed by atoms with Crippen LogP contribution in [0.25, 0.3) is 0 Å². The molecule has 0 spiro atoms. The van der Waals surface area contributed by atoms with Crippen LogP contribution in [0.2, 0.25) is 0 Å². The van der Waals surface area contributed by atoms with E-state index in [0.29, 0.717) is 6.61 Å². The van der Waals surface area contributed by atoms with Gasteiger partial charge in [0, 0.05) is 6.20 Å². The molecule has 0 fully saturated rings. The average Bonchev–Trinajstić information content (AvgIpc) is 2.78. The molecule has 0 radical (unpaired) electrons. The minimum atomic E-state index is -0.170. The van der Waals surface area contributed by atoms with Crippen LogP contribution in [0, 0.1) is 6.92 Å². The standard InChI is InChI=1S/C14H16N2O/c1-3-14(16-9-12(2)15-11-16)17-10-13-7-5-4-6-8-13/h3-9,11,14H,1,10H2,2H3. The number of benzene rings is 1. The van der Waals surface area contributed by atoms with E-state index >= 15 is 0 Å². The average molecular weight is 228 g/mol. The Balaban J connectivity index is 1.99. The lowest BCUT2D eigenvalue weighted by Crippen LogP contribution is -2.08. The lowest BCUT2D eigenvalue weighted by atomic mass is 10.2. The van der Waals surface area contributed by atoms with E-state index in [1.165, 1.54) is 0 Å². The number of imidazole rings is 1. The van der Waals surface area contributed by atoms with E-state index in [1.54, 1.807) is 12.4 Å². The fourth-order valence-corrected chi connectivity index (χ4v) is 1.61. The van der Waals surface area contributed by atoms with Crippen LogP contribution in [0.3, 0.4) is 0 Å². The largest absolute Gasteiger partial charge is 0.350 e. The highest BCUT2D eigenvalue weighted by Gasteiger charge is 2.06. The van der Waals surface area contributed by atoms with Crippen LogP contribution in [0.5, 0.6) is 0 Å². The molecular formula is C14H16N2O. The second kappa shape index (κ2) is 5.46. The van der Waals surface area contributed by atoms with Crippen molar-refractivity contribution in [1.29, 1.82) is 0 Å². The second-order valence-corrected chi connectivity index (χ2v) is 3.89. The van der Waals surface area contributed by atoms with Gasteiger partial charge in [0.2, 0.25) is 0 Å². The number of aromatic nitrogens is 2. The third-order valence-electron chi connectivity index (χ3n) is 2.49. The summed E-state index contributed by atoms with van der Waals surface area (Å²) in [5.41, 5.74) is 2.12. The molecule has 3 heteroatoms. The number of rotatable bonds is 5. The lowest BCUT2D eigenvalue weighted by molar-refractivity contribution is 0.0251. The summed E-state index contributed by atoms with van der Waals surface area (Å²) in [6.45, 7) is 6.30. The first-order chi connectivity index (χ1) is 8.29. The molecule has 2 aromatic rings. The Labute approximate surface area is 101 Å². The molecule has 0 amide bonds. The summed E-state index contributed by atoms with van der Waals surface area (Å²) in [5.74, 6) is 0. The molecule has 0 saturated heterocycles. The van der Waals surface area contributed by atoms with Gasteiger partial charge in [-0.15, -0.1) is 0 Å². The molecule has 0 aliphatic rings. The van der Waals surface area contributed by atoms with Crippen LogP contribution < -0.4 is 0 Å². The number of nitrogens with zero attached hydrogens (tertiary/aromatic N) is 2. The van der Waals surface area contributed by atoms with Crippen molar-refractivity contribution < 1.29 is 4.74 Å². The van der Waals surface area contributed by atoms with Crippen molar-refractivity contribution in [2.24, 2.45) is 0 Å². The molecule has 1 atom stereocenters. The maximum Gasteiger partial charge on any atom is 0.154 e. The SMILES string of the molecule is C=CC(OCc1ccccc1)n1cnc(C)c1. The smallest absolute Gasteiger partial charge is 0.154 e. The lowest BCUT2D eigenvalue weighted by Gasteiger charge is -2.15. The van der Waals surface area contributed by atoms with E-state index in [1.807, 2.05) is 48.0 Å². The number of hydrogen-bond donors (Lipinski definition) is 0. The zero-order valence-electron chi connectivity index (χ0n) is 9.91. The molecule has 0 aliphatic heterocycles. The summed E-state index contributed by atoms with van der Waals surface area (Å²) in [5, 5.41) is 0. The van der Waals surface area contributed by atoms with Crippen LogP contribution in [0.1, 0.15) is 17.5 Å². The molecule has 0 N–H and O–H groups in total. The van der Waals surface area contributed by atoms with Crippen molar-refractivity contribution in [3.63, 3.8) is 0 Å². The van der Waals surface area contributed by atoms with Gasteiger partial charge in [0.15, 0.2) is 6.23 Å². The van der Waals surface area contributed by atoms with Crippen molar-refractivity contribution in [3.05, 3.63) is 66.8 Å². The number of hydrogen-bond acceptors (Lipinski definition) is 2. The van der Waals surface area contributed by atoms with Crippen LogP contribution in [0.15, 0.2) is 55.5 Å². The predicted octanol–water partition coefficient (Wildman–Crippen LogP) is 3.09. The van der Waals surface area contributed by atoms with Crippen molar-refractivity contribution in [2.75, 3.05) is 0 Å². The molecule has 0 bridgehead atoms. The van der Waals surface area contributed by atoms with E-state index in [-0.39, 0.29) is 6.23 Å². The van der Waals surface area contributed by atoms with Gasteiger partial charge in [-0.1, -0.05) is 36.9 Å². The zero-order chi connectivity index (χ0) is 12.1. The molecule has 1 unspecified atom stereocenters. The second-order valence-electron chi connectivity index (χ2n) is 3.89. The van der Waals surface area contributed by atoms with Gasteiger partial charge in [0.25, 0.3) is 0 Å². The molecular weight excluding hydrogens is 212 g/mol. The molecule has 1 heterocycles. The monoisotopic (exact) mass is 228 g/mol. The molecule has 0 aliphatic carbocycles. The molecule has 17 heavy (non-hydrogen) atoms. The summed E-state index contributed by atoms with van der Waals surface area (Å²) < 4.78 is 7.69. The summed E-state index contributed by atoms with van der Waals surface area (Å²) in [6.07, 6.45) is 5.30. The third-order valence-corrected chi connectivity index (χ3v) is 2.49. The summed E-state index contributed by atoms with van der Waals surface area (Å²) >= 11 is 0. The maximum atomic E-state index is 5.78. The van der Waals surface area contributed by atoms with E-state index in [2.05, 4.69) is 11.6 Å². The van der Waals surface area contributed by atoms with Gasteiger partial charge in [-0.25, -0.2) is 4.98 Å². The van der Waals surface area contributed by atoms with Crippen LogP contribution in [0.4, 0.5) is 0 Å². The van der Waals surface area contributed by atoms with Gasteiger partial charge in [0.05, 0.1) is 18.6 Å². The zero-order valence-corrected chi connectivity index (χ0v) is 9.91. The molecule has 0 saturated carbocycles. The van der Waals surface area contributed by atoms with Gasteiger partial charge in [0.1, 0.15) is 0 Å². The minimum Gasteiger partial charge on any atom is -0.350 e. The van der Waals surface area contributed by atoms with Crippen LogP contribution >= 0.6 is 0 Å². The van der Waals surface area contributed by atoms with Crippen molar-refractivity contribution in [1.82, 2.24) is 9.55 Å². The highest BCUT2D eigenvalue weighted by atomic mass is 16.5. The summed E-state index contributed by atoms with van der Waals surface area (Å²) in [6, 6.07) is 10.1. The third kappa shape index (κ3) is 3.04. The fraction of sp³-hybridized carbons (Fsp3) is 0.214. The Kier molecular flexibility index (Phi) is 3.73. The Bertz CT molecular complexity index is 476. The first-order valence-electron chi connectivity index (χ1n) is 5.58. The topological polar surface area (TPSA) is 27.1 Å². The number of ether oxygens (including phenoxy) is 1. The quantitative estimate of drug-likeness (QED) is 0.735. The van der Waals surface area contributed by atoms with Crippen molar-refractivity contribution >= 4 is 0 Å². The molecule has 2 rings (SSSR count). The predicted molar refractivity (Wildman–Crippen MR) is 67.4 cm³/mol. The van der Waals surface area contributed by atoms with E-state index in [9.17, 15) is 0 Å². The Morgan fingerprint density at radius 3 is 2.76 bits per heavy atom. The Morgan fingerprint density at radius 2 is 2.18 bits per heavy atom. The van der Waals surface area contributed by atoms with Crippen LogP contribution in [-0.4, -0.2) is 9.55 Å². The highest BCUT2D eigenvalue weighted by molar-refractivity contribution is 5.13. The first kappa shape index (κ1) is 11.6. The Hall–Kier alpha value is -1.87. The molecule has 1 aromatic heterocycles. The molecule has 3 nitrogen and oxygen atoms in total. The Morgan fingerprint density at radius 1 is 1.41 bits per heavy atom. The van der Waals surface area contributed by atoms with E-state index < -0.39 is 0 Å². The van der Waals surface area contributed by atoms with E-state index in [0.717, 1.165) is 11.3 Å². The normalized spacial score (nSPS) is 12.3. The van der Waals surface area contributed by atoms with Gasteiger partial charge >= 0.3 is 0 Å². The molecule has 1 aromatic carbocycles. The van der Waals surface area contributed by atoms with Gasteiger partial charge < -0.3 is 9.30 Å². The maximum absolute atomic E-state index is 5.78. The van der Waals surface area contributed by atoms with Crippen molar-refractivity contribution in [2.45, 2.75) is 19.8 Å². The fourth-order valence-electron chi connectivity index (χ4n) is 1.61. The first-order valence-corrected chi connectivity index (χ1v) is 5.58. The van der Waals surface area contributed by atoms with Crippen molar-refractivity contribution in [3.8, 4) is 0 Å². The summed E-state index contributed by atoms with van der Waals surface area (Å²) in [7, 11) is 0. The van der Waals surface area contributed by atoms with Gasteiger partial charge in [-0.05, 0) is 18.6 Å². The highest BCUT2D eigenvalue weighted by Crippen LogP contribution is 2.13. The minimum absolute atomic E-state index is 0.170.